The molecule has 1 aliphatic carbocycles. The quantitative estimate of drug-likeness (QED) is 0.791. The molecule has 2 aliphatic rings. The predicted molar refractivity (Wildman–Crippen MR) is 94.7 cm³/mol. The van der Waals surface area contributed by atoms with E-state index in [-0.39, 0.29) is 29.7 Å². The summed E-state index contributed by atoms with van der Waals surface area (Å²) in [5, 5.41) is 0. The van der Waals surface area contributed by atoms with Crippen LogP contribution in [0.3, 0.4) is 0 Å². The maximum Gasteiger partial charge on any atom is 0.161 e. The molecule has 2 unspecified atom stereocenters. The summed E-state index contributed by atoms with van der Waals surface area (Å²) < 4.78 is 5.32. The zero-order valence-electron chi connectivity index (χ0n) is 15.5. The summed E-state index contributed by atoms with van der Waals surface area (Å²) in [6, 6.07) is 4.00. The summed E-state index contributed by atoms with van der Waals surface area (Å²) in [6.45, 7) is 8.64. The van der Waals surface area contributed by atoms with Crippen LogP contribution in [0.5, 0.6) is 0 Å². The second kappa shape index (κ2) is 6.49. The van der Waals surface area contributed by atoms with Gasteiger partial charge >= 0.3 is 0 Å². The van der Waals surface area contributed by atoms with E-state index in [2.05, 4.69) is 0 Å². The van der Waals surface area contributed by atoms with Crippen molar-refractivity contribution < 1.29 is 19.1 Å². The summed E-state index contributed by atoms with van der Waals surface area (Å²) in [6.07, 6.45) is 1.31. The number of hydrogen-bond acceptors (Lipinski definition) is 4. The van der Waals surface area contributed by atoms with Crippen LogP contribution in [0.1, 0.15) is 54.4 Å². The van der Waals surface area contributed by atoms with Crippen molar-refractivity contribution in [3.8, 4) is 0 Å². The van der Waals surface area contributed by atoms with Crippen LogP contribution < -0.4 is 0 Å². The fraction of sp³-hybridized carbons (Fsp3) is 0.571. The van der Waals surface area contributed by atoms with E-state index in [9.17, 15) is 14.4 Å². The first kappa shape index (κ1) is 18.0. The van der Waals surface area contributed by atoms with Crippen molar-refractivity contribution >= 4 is 17.3 Å². The molecule has 4 heteroatoms. The predicted octanol–water partition coefficient (Wildman–Crippen LogP) is 3.24. The fourth-order valence-corrected chi connectivity index (χ4v) is 4.56. The molecule has 0 aromatic heterocycles. The van der Waals surface area contributed by atoms with Gasteiger partial charge in [-0.2, -0.15) is 0 Å². The molecule has 134 valence electrons. The topological polar surface area (TPSA) is 60.4 Å². The Kier molecular flexibility index (Phi) is 4.67. The smallest absolute Gasteiger partial charge is 0.161 e. The first-order chi connectivity index (χ1) is 11.8. The number of rotatable bonds is 3. The van der Waals surface area contributed by atoms with Gasteiger partial charge in [0.25, 0.3) is 0 Å². The van der Waals surface area contributed by atoms with E-state index in [1.807, 2.05) is 32.9 Å². The van der Waals surface area contributed by atoms with Gasteiger partial charge in [-0.05, 0) is 57.2 Å². The number of benzene rings is 1. The maximum absolute atomic E-state index is 13.2. The molecule has 2 atom stereocenters. The fourth-order valence-electron chi connectivity index (χ4n) is 4.56. The third-order valence-corrected chi connectivity index (χ3v) is 5.82. The van der Waals surface area contributed by atoms with Crippen LogP contribution in [0.4, 0.5) is 0 Å². The van der Waals surface area contributed by atoms with E-state index < -0.39 is 11.3 Å². The van der Waals surface area contributed by atoms with Crippen molar-refractivity contribution in [3.05, 3.63) is 34.4 Å². The Bertz CT molecular complexity index is 719. The molecule has 0 amide bonds. The monoisotopic (exact) mass is 342 g/mol. The van der Waals surface area contributed by atoms with Gasteiger partial charge in [0.05, 0.1) is 5.41 Å². The SMILES string of the molecule is Cc1cc(C)c(C2C(=O)CC(C)(C(=O)C3CCOCC3)C2=O)c(C)c1. The van der Waals surface area contributed by atoms with Crippen LogP contribution in [0.2, 0.25) is 0 Å². The van der Waals surface area contributed by atoms with Crippen molar-refractivity contribution in [2.75, 3.05) is 13.2 Å². The minimum atomic E-state index is -1.19. The normalized spacial score (nSPS) is 27.8. The highest BCUT2D eigenvalue weighted by molar-refractivity contribution is 6.25. The van der Waals surface area contributed by atoms with Gasteiger partial charge in [0, 0.05) is 25.6 Å². The van der Waals surface area contributed by atoms with Crippen LogP contribution in [-0.4, -0.2) is 30.6 Å². The zero-order chi connectivity index (χ0) is 18.4. The van der Waals surface area contributed by atoms with Crippen molar-refractivity contribution in [1.29, 1.82) is 0 Å². The van der Waals surface area contributed by atoms with Crippen LogP contribution in [0, 0.1) is 32.1 Å². The molecule has 25 heavy (non-hydrogen) atoms. The minimum Gasteiger partial charge on any atom is -0.381 e. The molecule has 3 rings (SSSR count). The Morgan fingerprint density at radius 1 is 1.08 bits per heavy atom. The maximum atomic E-state index is 13.2. The molecule has 0 N–H and O–H groups in total. The van der Waals surface area contributed by atoms with E-state index in [1.54, 1.807) is 6.92 Å². The van der Waals surface area contributed by atoms with Gasteiger partial charge in [-0.15, -0.1) is 0 Å². The Labute approximate surface area is 148 Å². The number of Topliss-reactive ketones (excluding diaryl/α,β-unsaturated/α-hetero) is 3. The van der Waals surface area contributed by atoms with E-state index >= 15 is 0 Å². The number of ether oxygens (including phenoxy) is 1. The van der Waals surface area contributed by atoms with Crippen LogP contribution in [-0.2, 0) is 19.1 Å². The molecule has 2 fully saturated rings. The highest BCUT2D eigenvalue weighted by Gasteiger charge is 2.56. The van der Waals surface area contributed by atoms with Crippen molar-refractivity contribution in [2.24, 2.45) is 11.3 Å². The molecule has 4 nitrogen and oxygen atoms in total. The molecule has 0 radical (unpaired) electrons. The van der Waals surface area contributed by atoms with Gasteiger partial charge in [-0.3, -0.25) is 14.4 Å². The molecular formula is C21H26O4. The van der Waals surface area contributed by atoms with E-state index in [0.29, 0.717) is 26.1 Å². The molecular weight excluding hydrogens is 316 g/mol. The van der Waals surface area contributed by atoms with Crippen LogP contribution >= 0.6 is 0 Å². The second-order valence-electron chi connectivity index (χ2n) is 7.84. The number of carbonyl (C=O) groups is 3. The summed E-state index contributed by atoms with van der Waals surface area (Å²) in [5.41, 5.74) is 2.62. The van der Waals surface area contributed by atoms with Crippen LogP contribution in [0.15, 0.2) is 12.1 Å². The van der Waals surface area contributed by atoms with Gasteiger partial charge in [0.2, 0.25) is 0 Å². The third-order valence-electron chi connectivity index (χ3n) is 5.82. The van der Waals surface area contributed by atoms with E-state index in [1.165, 1.54) is 0 Å². The average molecular weight is 342 g/mol. The van der Waals surface area contributed by atoms with Crippen molar-refractivity contribution in [1.82, 2.24) is 0 Å². The first-order valence-corrected chi connectivity index (χ1v) is 9.02. The minimum absolute atomic E-state index is 0.0272. The zero-order valence-corrected chi connectivity index (χ0v) is 15.5. The summed E-state index contributed by atoms with van der Waals surface area (Å²) in [4.78, 5) is 39.1. The standard InChI is InChI=1S/C21H26O4/c1-12-9-13(2)17(14(3)10-12)18-16(22)11-21(4,20(18)24)19(23)15-5-7-25-8-6-15/h9-10,15,18H,5-8,11H2,1-4H3. The number of ketones is 3. The molecule has 1 saturated carbocycles. The average Bonchev–Trinajstić information content (AvgIpc) is 2.78. The van der Waals surface area contributed by atoms with Crippen molar-refractivity contribution in [3.63, 3.8) is 0 Å². The molecule has 1 aromatic rings. The molecule has 1 heterocycles. The molecule has 1 saturated heterocycles. The molecule has 0 spiro atoms. The Hall–Kier alpha value is -1.81. The Morgan fingerprint density at radius 3 is 2.20 bits per heavy atom. The molecule has 0 bridgehead atoms. The number of hydrogen-bond donors (Lipinski definition) is 0. The molecule has 1 aliphatic heterocycles. The van der Waals surface area contributed by atoms with Gasteiger partial charge in [-0.25, -0.2) is 0 Å². The summed E-state index contributed by atoms with van der Waals surface area (Å²) >= 11 is 0. The lowest BCUT2D eigenvalue weighted by Crippen LogP contribution is -2.40. The summed E-state index contributed by atoms with van der Waals surface area (Å²) in [5.74, 6) is -1.38. The lowest BCUT2D eigenvalue weighted by molar-refractivity contribution is -0.142. The van der Waals surface area contributed by atoms with E-state index in [4.69, 9.17) is 4.74 Å². The van der Waals surface area contributed by atoms with E-state index in [0.717, 1.165) is 22.3 Å². The lowest BCUT2D eigenvalue weighted by Gasteiger charge is -2.29. The van der Waals surface area contributed by atoms with Gasteiger partial charge < -0.3 is 4.74 Å². The van der Waals surface area contributed by atoms with Gasteiger partial charge in [0.1, 0.15) is 17.5 Å². The Morgan fingerprint density at radius 2 is 1.64 bits per heavy atom. The first-order valence-electron chi connectivity index (χ1n) is 9.02. The third kappa shape index (κ3) is 2.97. The Balaban J connectivity index is 1.96. The van der Waals surface area contributed by atoms with Gasteiger partial charge in [0.15, 0.2) is 5.78 Å². The number of carbonyl (C=O) groups excluding carboxylic acids is 3. The number of aryl methyl sites for hydroxylation is 3. The summed E-state index contributed by atoms with van der Waals surface area (Å²) in [7, 11) is 0. The highest BCUT2D eigenvalue weighted by Crippen LogP contribution is 2.45. The van der Waals surface area contributed by atoms with Crippen molar-refractivity contribution in [2.45, 2.75) is 52.9 Å². The van der Waals surface area contributed by atoms with Crippen LogP contribution in [0.25, 0.3) is 0 Å². The largest absolute Gasteiger partial charge is 0.381 e. The second-order valence-corrected chi connectivity index (χ2v) is 7.84. The lowest BCUT2D eigenvalue weighted by atomic mass is 9.73. The van der Waals surface area contributed by atoms with Gasteiger partial charge in [-0.1, -0.05) is 17.7 Å². The highest BCUT2D eigenvalue weighted by atomic mass is 16.5. The molecule has 1 aromatic carbocycles.